The molecular weight excluding hydrogens is 304 g/mol. The van der Waals surface area contributed by atoms with Crippen LogP contribution in [0.25, 0.3) is 0 Å². The van der Waals surface area contributed by atoms with Gasteiger partial charge in [-0.1, -0.05) is 0 Å². The van der Waals surface area contributed by atoms with Crippen LogP contribution in [0.15, 0.2) is 0 Å². The van der Waals surface area contributed by atoms with E-state index in [4.69, 9.17) is 18.9 Å². The Hall–Kier alpha value is -1.63. The Labute approximate surface area is 136 Å². The molecule has 1 aliphatic rings. The van der Waals surface area contributed by atoms with Crippen LogP contribution in [0.5, 0.6) is 0 Å². The van der Waals surface area contributed by atoms with Gasteiger partial charge in [0, 0.05) is 46.5 Å². The number of hydrogen-bond donors (Lipinski definition) is 0. The molecule has 0 amide bonds. The molecule has 7 nitrogen and oxygen atoms in total. The molecule has 0 aromatic heterocycles. The quantitative estimate of drug-likeness (QED) is 0.519. The van der Waals surface area contributed by atoms with Gasteiger partial charge in [0.1, 0.15) is 18.3 Å². The van der Waals surface area contributed by atoms with E-state index < -0.39 is 12.1 Å². The minimum absolute atomic E-state index is 0.165. The van der Waals surface area contributed by atoms with E-state index in [2.05, 4.69) is 0 Å². The van der Waals surface area contributed by atoms with Crippen LogP contribution in [-0.4, -0.2) is 48.9 Å². The highest BCUT2D eigenvalue weighted by Crippen LogP contribution is 2.23. The van der Waals surface area contributed by atoms with Gasteiger partial charge in [-0.25, -0.2) is 0 Å². The molecule has 4 atom stereocenters. The maximum Gasteiger partial charge on any atom is 0.302 e. The van der Waals surface area contributed by atoms with Crippen molar-refractivity contribution in [3.63, 3.8) is 0 Å². The van der Waals surface area contributed by atoms with Crippen LogP contribution in [0, 0.1) is 0 Å². The van der Waals surface area contributed by atoms with Crippen LogP contribution in [0.4, 0.5) is 0 Å². The van der Waals surface area contributed by atoms with Gasteiger partial charge in [0.25, 0.3) is 0 Å². The summed E-state index contributed by atoms with van der Waals surface area (Å²) in [5.74, 6) is -1.07. The third-order valence-electron chi connectivity index (χ3n) is 3.47. The third kappa shape index (κ3) is 8.54. The predicted molar refractivity (Wildman–Crippen MR) is 80.5 cm³/mol. The van der Waals surface area contributed by atoms with E-state index >= 15 is 0 Å². The highest BCUT2D eigenvalue weighted by molar-refractivity contribution is 5.67. The number of rotatable bonds is 7. The molecule has 0 aliphatic carbocycles. The lowest BCUT2D eigenvalue weighted by Gasteiger charge is -2.31. The fourth-order valence-corrected chi connectivity index (χ4v) is 2.77. The Kier molecular flexibility index (Phi) is 8.02. The highest BCUT2D eigenvalue weighted by atomic mass is 16.6. The molecule has 132 valence electrons. The molecule has 1 aliphatic heterocycles. The summed E-state index contributed by atoms with van der Waals surface area (Å²) in [6.45, 7) is 6.31. The molecule has 7 heteroatoms. The molecule has 0 bridgehead atoms. The van der Waals surface area contributed by atoms with E-state index in [0.717, 1.165) is 0 Å². The molecule has 1 saturated heterocycles. The molecule has 1 heterocycles. The van der Waals surface area contributed by atoms with Gasteiger partial charge in [0.05, 0.1) is 12.7 Å². The summed E-state index contributed by atoms with van der Waals surface area (Å²) in [6, 6.07) is 0. The third-order valence-corrected chi connectivity index (χ3v) is 3.47. The van der Waals surface area contributed by atoms with Crippen molar-refractivity contribution in [3.8, 4) is 0 Å². The predicted octanol–water partition coefficient (Wildman–Crippen LogP) is 1.76. The lowest BCUT2D eigenvalue weighted by Crippen LogP contribution is -2.36. The van der Waals surface area contributed by atoms with Gasteiger partial charge in [0.15, 0.2) is 0 Å². The average molecular weight is 330 g/mol. The summed E-state index contributed by atoms with van der Waals surface area (Å²) in [7, 11) is 0. The van der Waals surface area contributed by atoms with Gasteiger partial charge in [0.2, 0.25) is 0 Å². The topological polar surface area (TPSA) is 88.1 Å². The summed E-state index contributed by atoms with van der Waals surface area (Å²) < 4.78 is 21.3. The fourth-order valence-electron chi connectivity index (χ4n) is 2.77. The molecule has 0 spiro atoms. The standard InChI is InChI=1S/C16H26O7/c1-10(21-11(2)17)7-16(23-13(4)19)9-15-8-14(5-6-20-15)22-12(3)18/h10,14-16H,5-9H2,1-4H3/t10-,14?,15+,16-/m0/s1. The van der Waals surface area contributed by atoms with Gasteiger partial charge in [-0.3, -0.25) is 14.4 Å². The lowest BCUT2D eigenvalue weighted by atomic mass is 9.98. The largest absolute Gasteiger partial charge is 0.463 e. The van der Waals surface area contributed by atoms with Gasteiger partial charge >= 0.3 is 17.9 Å². The number of esters is 3. The van der Waals surface area contributed by atoms with Crippen molar-refractivity contribution in [2.24, 2.45) is 0 Å². The van der Waals surface area contributed by atoms with Crippen molar-refractivity contribution in [2.45, 2.75) is 77.8 Å². The van der Waals surface area contributed by atoms with Gasteiger partial charge in [-0.15, -0.1) is 0 Å². The number of hydrogen-bond acceptors (Lipinski definition) is 7. The second-order valence-electron chi connectivity index (χ2n) is 5.87. The van der Waals surface area contributed by atoms with E-state index in [0.29, 0.717) is 32.3 Å². The SMILES string of the molecule is CC(=O)OC1CCO[C@@H](C[C@H](C[C@H](C)OC(C)=O)OC(C)=O)C1. The van der Waals surface area contributed by atoms with Gasteiger partial charge in [-0.05, 0) is 6.92 Å². The molecule has 0 N–H and O–H groups in total. The van der Waals surface area contributed by atoms with E-state index in [-0.39, 0.29) is 30.3 Å². The smallest absolute Gasteiger partial charge is 0.302 e. The van der Waals surface area contributed by atoms with Crippen molar-refractivity contribution in [3.05, 3.63) is 0 Å². The van der Waals surface area contributed by atoms with Crippen LogP contribution in [-0.2, 0) is 33.3 Å². The Morgan fingerprint density at radius 3 is 2.30 bits per heavy atom. The maximum absolute atomic E-state index is 11.3. The van der Waals surface area contributed by atoms with Crippen molar-refractivity contribution >= 4 is 17.9 Å². The molecule has 1 rings (SSSR count). The molecule has 0 saturated carbocycles. The van der Waals surface area contributed by atoms with E-state index in [1.807, 2.05) is 0 Å². The Morgan fingerprint density at radius 2 is 1.74 bits per heavy atom. The average Bonchev–Trinajstić information content (AvgIpc) is 2.35. The summed E-state index contributed by atoms with van der Waals surface area (Å²) in [6.07, 6.45) is 1.00. The first-order valence-corrected chi connectivity index (χ1v) is 7.89. The van der Waals surface area contributed by atoms with E-state index in [9.17, 15) is 14.4 Å². The Bertz CT molecular complexity index is 421. The number of carbonyl (C=O) groups excluding carboxylic acids is 3. The van der Waals surface area contributed by atoms with Gasteiger partial charge < -0.3 is 18.9 Å². The minimum Gasteiger partial charge on any atom is -0.463 e. The van der Waals surface area contributed by atoms with Crippen LogP contribution in [0.3, 0.4) is 0 Å². The zero-order valence-corrected chi connectivity index (χ0v) is 14.2. The van der Waals surface area contributed by atoms with Crippen LogP contribution >= 0.6 is 0 Å². The van der Waals surface area contributed by atoms with Crippen LogP contribution in [0.2, 0.25) is 0 Å². The van der Waals surface area contributed by atoms with Crippen molar-refractivity contribution in [1.82, 2.24) is 0 Å². The Balaban J connectivity index is 2.55. The minimum atomic E-state index is -0.414. The molecular formula is C16H26O7. The van der Waals surface area contributed by atoms with Crippen molar-refractivity contribution in [2.75, 3.05) is 6.61 Å². The molecule has 1 unspecified atom stereocenters. The zero-order valence-electron chi connectivity index (χ0n) is 14.2. The van der Waals surface area contributed by atoms with Gasteiger partial charge in [-0.2, -0.15) is 0 Å². The van der Waals surface area contributed by atoms with E-state index in [1.54, 1.807) is 6.92 Å². The molecule has 0 radical (unpaired) electrons. The molecule has 0 aromatic rings. The lowest BCUT2D eigenvalue weighted by molar-refractivity contribution is -0.158. The second-order valence-corrected chi connectivity index (χ2v) is 5.87. The van der Waals surface area contributed by atoms with Crippen molar-refractivity contribution in [1.29, 1.82) is 0 Å². The summed E-state index contributed by atoms with van der Waals surface area (Å²) >= 11 is 0. The first kappa shape index (κ1) is 19.4. The molecule has 0 aromatic carbocycles. The summed E-state index contributed by atoms with van der Waals surface area (Å²) in [4.78, 5) is 33.3. The molecule has 1 fully saturated rings. The number of ether oxygens (including phenoxy) is 4. The summed E-state index contributed by atoms with van der Waals surface area (Å²) in [5, 5.41) is 0. The van der Waals surface area contributed by atoms with Crippen LogP contribution < -0.4 is 0 Å². The number of carbonyl (C=O) groups is 3. The van der Waals surface area contributed by atoms with Crippen molar-refractivity contribution < 1.29 is 33.3 Å². The monoisotopic (exact) mass is 330 g/mol. The Morgan fingerprint density at radius 1 is 1.09 bits per heavy atom. The maximum atomic E-state index is 11.3. The highest BCUT2D eigenvalue weighted by Gasteiger charge is 2.29. The first-order chi connectivity index (χ1) is 10.8. The zero-order chi connectivity index (χ0) is 17.4. The molecule has 23 heavy (non-hydrogen) atoms. The van der Waals surface area contributed by atoms with Crippen LogP contribution in [0.1, 0.15) is 53.4 Å². The second kappa shape index (κ2) is 9.50. The van der Waals surface area contributed by atoms with E-state index in [1.165, 1.54) is 20.8 Å². The normalized spacial score (nSPS) is 23.5. The summed E-state index contributed by atoms with van der Waals surface area (Å²) in [5.41, 5.74) is 0. The fraction of sp³-hybridized carbons (Fsp3) is 0.812. The first-order valence-electron chi connectivity index (χ1n) is 7.89.